The topological polar surface area (TPSA) is 87.3 Å². The Morgan fingerprint density at radius 1 is 1.50 bits per heavy atom. The summed E-state index contributed by atoms with van der Waals surface area (Å²) in [7, 11) is 0. The number of nitrogens with zero attached hydrogens (tertiary/aromatic N) is 2. The van der Waals surface area contributed by atoms with E-state index in [0.29, 0.717) is 25.5 Å². The molecule has 2 heterocycles. The summed E-state index contributed by atoms with van der Waals surface area (Å²) < 4.78 is 6.39. The molecule has 1 fully saturated rings. The predicted octanol–water partition coefficient (Wildman–Crippen LogP) is 2.61. The van der Waals surface area contributed by atoms with Crippen LogP contribution in [-0.4, -0.2) is 47.8 Å². The van der Waals surface area contributed by atoms with Gasteiger partial charge in [0.1, 0.15) is 0 Å². The average Bonchev–Trinajstić information content (AvgIpc) is 3.16. The highest BCUT2D eigenvalue weighted by Crippen LogP contribution is 2.31. The Hall–Kier alpha value is -1.93. The Labute approximate surface area is 160 Å². The van der Waals surface area contributed by atoms with Gasteiger partial charge in [-0.25, -0.2) is 0 Å². The quantitative estimate of drug-likeness (QED) is 0.671. The fourth-order valence-electron chi connectivity index (χ4n) is 3.02. The predicted molar refractivity (Wildman–Crippen MR) is 103 cm³/mol. The number of hydrogen-bond donors (Lipinski definition) is 2. The first-order valence-electron chi connectivity index (χ1n) is 8.79. The molecule has 8 heteroatoms. The van der Waals surface area contributed by atoms with Crippen molar-refractivity contribution in [3.8, 4) is 0 Å². The molecule has 2 aromatic rings. The second kappa shape index (κ2) is 8.18. The third-order valence-corrected chi connectivity index (χ3v) is 4.82. The second-order valence-corrected chi connectivity index (χ2v) is 7.62. The average molecular weight is 423 g/mol. The largest absolute Gasteiger partial charge is 0.379 e. The number of amides is 2. The van der Waals surface area contributed by atoms with Crippen LogP contribution < -0.4 is 10.2 Å². The van der Waals surface area contributed by atoms with E-state index in [1.165, 1.54) is 0 Å². The van der Waals surface area contributed by atoms with Crippen LogP contribution in [0.1, 0.15) is 26.7 Å². The lowest BCUT2D eigenvalue weighted by Crippen LogP contribution is -2.34. The van der Waals surface area contributed by atoms with E-state index in [1.807, 2.05) is 32.0 Å². The molecular weight excluding hydrogens is 400 g/mol. The molecule has 1 aromatic carbocycles. The smallest absolute Gasteiger partial charge is 0.229 e. The van der Waals surface area contributed by atoms with Crippen LogP contribution in [0.5, 0.6) is 0 Å². The first-order chi connectivity index (χ1) is 12.5. The molecule has 2 amide bonds. The minimum atomic E-state index is -0.351. The van der Waals surface area contributed by atoms with Crippen LogP contribution in [0.25, 0.3) is 10.9 Å². The molecule has 0 spiro atoms. The minimum Gasteiger partial charge on any atom is -0.379 e. The van der Waals surface area contributed by atoms with Gasteiger partial charge in [0, 0.05) is 36.0 Å². The van der Waals surface area contributed by atoms with Crippen LogP contribution >= 0.6 is 15.9 Å². The van der Waals surface area contributed by atoms with Crippen LogP contribution in [0.4, 0.5) is 5.82 Å². The molecule has 1 aliphatic rings. The number of aromatic nitrogens is 2. The molecule has 1 saturated heterocycles. The molecule has 7 nitrogen and oxygen atoms in total. The molecule has 1 aromatic heterocycles. The van der Waals surface area contributed by atoms with E-state index in [-0.39, 0.29) is 30.3 Å². The highest BCUT2D eigenvalue weighted by atomic mass is 79.9. The molecular formula is C18H23BrN4O3. The van der Waals surface area contributed by atoms with Gasteiger partial charge in [-0.1, -0.05) is 15.9 Å². The van der Waals surface area contributed by atoms with Crippen molar-refractivity contribution in [2.45, 2.75) is 32.8 Å². The van der Waals surface area contributed by atoms with Gasteiger partial charge in [0.2, 0.25) is 11.8 Å². The molecule has 0 aliphatic carbocycles. The first-order valence-corrected chi connectivity index (χ1v) is 9.58. The van der Waals surface area contributed by atoms with Gasteiger partial charge in [-0.3, -0.25) is 19.6 Å². The normalized spacial score (nSPS) is 17.5. The van der Waals surface area contributed by atoms with Crippen molar-refractivity contribution < 1.29 is 14.3 Å². The summed E-state index contributed by atoms with van der Waals surface area (Å²) in [5.41, 5.74) is 0.847. The van der Waals surface area contributed by atoms with Gasteiger partial charge in [0.15, 0.2) is 5.82 Å². The summed E-state index contributed by atoms with van der Waals surface area (Å²) >= 11 is 3.42. The molecule has 0 bridgehead atoms. The summed E-state index contributed by atoms with van der Waals surface area (Å²) in [6, 6.07) is 5.73. The highest BCUT2D eigenvalue weighted by Gasteiger charge is 2.36. The summed E-state index contributed by atoms with van der Waals surface area (Å²) in [5.74, 6) is 0.0615. The maximum Gasteiger partial charge on any atom is 0.229 e. The first kappa shape index (κ1) is 18.8. The Morgan fingerprint density at radius 3 is 3.08 bits per heavy atom. The Balaban J connectivity index is 1.58. The number of halogens is 1. The molecule has 3 rings (SSSR count). The van der Waals surface area contributed by atoms with E-state index in [2.05, 4.69) is 31.4 Å². The van der Waals surface area contributed by atoms with Gasteiger partial charge in [-0.15, -0.1) is 0 Å². The second-order valence-electron chi connectivity index (χ2n) is 6.71. The summed E-state index contributed by atoms with van der Waals surface area (Å²) in [6.45, 7) is 5.48. The molecule has 0 unspecified atom stereocenters. The number of fused-ring (bicyclic) bond motifs is 1. The number of ether oxygens (including phenoxy) is 1. The van der Waals surface area contributed by atoms with Crippen molar-refractivity contribution in [3.05, 3.63) is 22.7 Å². The number of hydrogen-bond acceptors (Lipinski definition) is 4. The molecule has 0 radical (unpaired) electrons. The third kappa shape index (κ3) is 4.24. The van der Waals surface area contributed by atoms with Crippen molar-refractivity contribution in [1.29, 1.82) is 0 Å². The van der Waals surface area contributed by atoms with Gasteiger partial charge >= 0.3 is 0 Å². The molecule has 140 valence electrons. The Kier molecular flexibility index (Phi) is 5.93. The Bertz CT molecular complexity index is 805. The van der Waals surface area contributed by atoms with Crippen molar-refractivity contribution >= 4 is 44.5 Å². The summed E-state index contributed by atoms with van der Waals surface area (Å²) in [4.78, 5) is 26.4. The fourth-order valence-corrected chi connectivity index (χ4v) is 3.38. The van der Waals surface area contributed by atoms with Crippen molar-refractivity contribution in [2.75, 3.05) is 24.6 Å². The van der Waals surface area contributed by atoms with Gasteiger partial charge in [-0.05, 0) is 38.5 Å². The zero-order chi connectivity index (χ0) is 18.7. The Morgan fingerprint density at radius 2 is 2.31 bits per heavy atom. The van der Waals surface area contributed by atoms with Crippen LogP contribution in [0, 0.1) is 5.92 Å². The lowest BCUT2D eigenvalue weighted by Gasteiger charge is -2.14. The van der Waals surface area contributed by atoms with E-state index >= 15 is 0 Å². The highest BCUT2D eigenvalue weighted by molar-refractivity contribution is 9.10. The van der Waals surface area contributed by atoms with Gasteiger partial charge < -0.3 is 10.1 Å². The standard InChI is InChI=1S/C18H23BrN4O3/c1-11(2)26-7-3-6-20-18(25)12-8-16(24)23(10-12)17-14-5-4-13(19)9-15(14)21-22-17/h4-5,9,11-12H,3,6-8,10H2,1-2H3,(H,20,25)(H,21,22)/t12-/m0/s1. The van der Waals surface area contributed by atoms with Crippen LogP contribution in [0.3, 0.4) is 0 Å². The fraction of sp³-hybridized carbons (Fsp3) is 0.500. The summed E-state index contributed by atoms with van der Waals surface area (Å²) in [5, 5.41) is 11.0. The molecule has 1 aliphatic heterocycles. The van der Waals surface area contributed by atoms with Gasteiger partial charge in [-0.2, -0.15) is 5.10 Å². The maximum atomic E-state index is 12.4. The SMILES string of the molecule is CC(C)OCCCNC(=O)[C@H]1CC(=O)N(c2n[nH]c3cc(Br)ccc23)C1. The number of aromatic amines is 1. The van der Waals surface area contributed by atoms with E-state index in [0.717, 1.165) is 21.8 Å². The van der Waals surface area contributed by atoms with Gasteiger partial charge in [0.05, 0.1) is 17.5 Å². The molecule has 1 atom stereocenters. The number of carbonyl (C=O) groups excluding carboxylic acids is 2. The molecule has 26 heavy (non-hydrogen) atoms. The van der Waals surface area contributed by atoms with E-state index in [1.54, 1.807) is 4.90 Å². The van der Waals surface area contributed by atoms with E-state index in [9.17, 15) is 9.59 Å². The number of rotatable bonds is 7. The van der Waals surface area contributed by atoms with Crippen molar-refractivity contribution in [3.63, 3.8) is 0 Å². The third-order valence-electron chi connectivity index (χ3n) is 4.33. The van der Waals surface area contributed by atoms with Gasteiger partial charge in [0.25, 0.3) is 0 Å². The number of carbonyl (C=O) groups is 2. The monoisotopic (exact) mass is 422 g/mol. The van der Waals surface area contributed by atoms with Crippen LogP contribution in [0.15, 0.2) is 22.7 Å². The van der Waals surface area contributed by atoms with Crippen LogP contribution in [-0.2, 0) is 14.3 Å². The minimum absolute atomic E-state index is 0.0791. The van der Waals surface area contributed by atoms with E-state index in [4.69, 9.17) is 4.74 Å². The maximum absolute atomic E-state index is 12.4. The number of benzene rings is 1. The van der Waals surface area contributed by atoms with Crippen molar-refractivity contribution in [1.82, 2.24) is 15.5 Å². The lowest BCUT2D eigenvalue weighted by atomic mass is 10.1. The number of anilines is 1. The van der Waals surface area contributed by atoms with Crippen molar-refractivity contribution in [2.24, 2.45) is 5.92 Å². The summed E-state index contributed by atoms with van der Waals surface area (Å²) in [6.07, 6.45) is 1.16. The lowest BCUT2D eigenvalue weighted by molar-refractivity contribution is -0.126. The van der Waals surface area contributed by atoms with E-state index < -0.39 is 0 Å². The molecule has 2 N–H and O–H groups in total. The number of nitrogens with one attached hydrogen (secondary N) is 2. The number of H-pyrrole nitrogens is 1. The van der Waals surface area contributed by atoms with Crippen LogP contribution in [0.2, 0.25) is 0 Å². The zero-order valence-corrected chi connectivity index (χ0v) is 16.5. The molecule has 0 saturated carbocycles. The zero-order valence-electron chi connectivity index (χ0n) is 14.9.